The number of nitrogens with one attached hydrogen (secondary N) is 1. The Morgan fingerprint density at radius 3 is 2.24 bits per heavy atom. The van der Waals surface area contributed by atoms with Crippen molar-refractivity contribution in [2.24, 2.45) is 0 Å². The van der Waals surface area contributed by atoms with Crippen LogP contribution in [-0.4, -0.2) is 42.2 Å². The van der Waals surface area contributed by atoms with Gasteiger partial charge in [-0.15, -0.1) is 0 Å². The summed E-state index contributed by atoms with van der Waals surface area (Å²) >= 11 is 0. The Hall–Kier alpha value is -5.23. The van der Waals surface area contributed by atoms with Crippen LogP contribution in [0.1, 0.15) is 57.5 Å². The standard InChI is InChI=1S/C32H29N3O6/c1-40-28-19-23(18-24(20-33)30(37)34-21-22-10-4-2-5-11-22)15-16-27(28)41-29(36)14-6-3-9-17-35-31(38)25-12-7-8-13-26(25)32(35)39/h2,4-5,7-8,10-13,15-16,18-19H,3,6,9,14,17,21H2,1H3,(H,34,37)/b24-18+. The van der Waals surface area contributed by atoms with E-state index in [0.29, 0.717) is 49.0 Å². The van der Waals surface area contributed by atoms with Crippen molar-refractivity contribution < 1.29 is 28.7 Å². The molecule has 3 aromatic rings. The van der Waals surface area contributed by atoms with Crippen LogP contribution in [-0.2, 0) is 16.1 Å². The Kier molecular flexibility index (Phi) is 9.62. The Balaban J connectivity index is 1.25. The minimum atomic E-state index is -0.506. The maximum absolute atomic E-state index is 12.5. The van der Waals surface area contributed by atoms with Gasteiger partial charge in [-0.3, -0.25) is 24.1 Å². The van der Waals surface area contributed by atoms with Crippen LogP contribution in [0, 0.1) is 11.3 Å². The van der Waals surface area contributed by atoms with Crippen molar-refractivity contribution in [3.63, 3.8) is 0 Å². The number of esters is 1. The highest BCUT2D eigenvalue weighted by Gasteiger charge is 2.34. The first-order valence-corrected chi connectivity index (χ1v) is 13.2. The van der Waals surface area contributed by atoms with Gasteiger partial charge in [0.2, 0.25) is 0 Å². The van der Waals surface area contributed by atoms with Gasteiger partial charge < -0.3 is 14.8 Å². The van der Waals surface area contributed by atoms with E-state index in [0.717, 1.165) is 5.56 Å². The van der Waals surface area contributed by atoms with E-state index >= 15 is 0 Å². The highest BCUT2D eigenvalue weighted by atomic mass is 16.6. The van der Waals surface area contributed by atoms with Gasteiger partial charge in [0.15, 0.2) is 11.5 Å². The van der Waals surface area contributed by atoms with Gasteiger partial charge in [-0.2, -0.15) is 5.26 Å². The molecule has 208 valence electrons. The topological polar surface area (TPSA) is 126 Å². The molecule has 0 atom stereocenters. The number of ether oxygens (including phenoxy) is 2. The number of hydrogen-bond donors (Lipinski definition) is 1. The molecule has 0 saturated carbocycles. The molecule has 3 aromatic carbocycles. The fraction of sp³-hybridized carbons (Fsp3) is 0.219. The molecule has 9 nitrogen and oxygen atoms in total. The number of nitrogens with zero attached hydrogens (tertiary/aromatic N) is 2. The second-order valence-corrected chi connectivity index (χ2v) is 9.34. The van der Waals surface area contributed by atoms with E-state index in [4.69, 9.17) is 9.47 Å². The third kappa shape index (κ3) is 7.25. The third-order valence-corrected chi connectivity index (χ3v) is 6.52. The Morgan fingerprint density at radius 2 is 1.59 bits per heavy atom. The molecule has 0 unspecified atom stereocenters. The van der Waals surface area contributed by atoms with E-state index in [1.165, 1.54) is 18.1 Å². The van der Waals surface area contributed by atoms with Gasteiger partial charge in [0, 0.05) is 19.5 Å². The number of nitriles is 1. The van der Waals surface area contributed by atoms with Crippen molar-refractivity contribution in [3.05, 3.63) is 101 Å². The molecule has 4 rings (SSSR count). The normalized spacial score (nSPS) is 12.5. The molecule has 0 fully saturated rings. The van der Waals surface area contributed by atoms with Crippen LogP contribution in [0.5, 0.6) is 11.5 Å². The first kappa shape index (κ1) is 28.8. The summed E-state index contributed by atoms with van der Waals surface area (Å²) in [4.78, 5) is 51.0. The molecule has 1 aliphatic rings. The highest BCUT2D eigenvalue weighted by molar-refractivity contribution is 6.21. The van der Waals surface area contributed by atoms with Crippen molar-refractivity contribution in [1.29, 1.82) is 5.26 Å². The molecule has 41 heavy (non-hydrogen) atoms. The SMILES string of the molecule is COc1cc(/C=C(\C#N)C(=O)NCc2ccccc2)ccc1OC(=O)CCCCCN1C(=O)c2ccccc2C1=O. The van der Waals surface area contributed by atoms with Crippen LogP contribution in [0.15, 0.2) is 78.4 Å². The maximum Gasteiger partial charge on any atom is 0.311 e. The van der Waals surface area contributed by atoms with Crippen LogP contribution in [0.2, 0.25) is 0 Å². The first-order valence-electron chi connectivity index (χ1n) is 13.2. The maximum atomic E-state index is 12.5. The smallest absolute Gasteiger partial charge is 0.311 e. The molecule has 0 aromatic heterocycles. The van der Waals surface area contributed by atoms with Crippen LogP contribution in [0.25, 0.3) is 6.08 Å². The van der Waals surface area contributed by atoms with Crippen molar-refractivity contribution in [3.8, 4) is 17.6 Å². The summed E-state index contributed by atoms with van der Waals surface area (Å²) < 4.78 is 10.8. The van der Waals surface area contributed by atoms with Crippen LogP contribution >= 0.6 is 0 Å². The number of amides is 3. The van der Waals surface area contributed by atoms with E-state index in [1.54, 1.807) is 42.5 Å². The second kappa shape index (κ2) is 13.7. The molecule has 9 heteroatoms. The number of imide groups is 1. The zero-order valence-corrected chi connectivity index (χ0v) is 22.6. The predicted molar refractivity (Wildman–Crippen MR) is 151 cm³/mol. The van der Waals surface area contributed by atoms with Crippen LogP contribution in [0.3, 0.4) is 0 Å². The summed E-state index contributed by atoms with van der Waals surface area (Å²) in [5.41, 5.74) is 2.21. The largest absolute Gasteiger partial charge is 0.493 e. The molecule has 0 radical (unpaired) electrons. The summed E-state index contributed by atoms with van der Waals surface area (Å²) in [6.45, 7) is 0.582. The fourth-order valence-electron chi connectivity index (χ4n) is 4.38. The van der Waals surface area contributed by atoms with E-state index in [2.05, 4.69) is 5.32 Å². The van der Waals surface area contributed by atoms with Gasteiger partial charge in [-0.05, 0) is 54.3 Å². The molecule has 1 heterocycles. The summed E-state index contributed by atoms with van der Waals surface area (Å²) in [5.74, 6) is -1.04. The van der Waals surface area contributed by atoms with Gasteiger partial charge in [-0.1, -0.05) is 55.0 Å². The van der Waals surface area contributed by atoms with Crippen molar-refractivity contribution in [2.45, 2.75) is 32.2 Å². The molecule has 0 saturated heterocycles. The average Bonchev–Trinajstić information content (AvgIpc) is 3.24. The zero-order valence-electron chi connectivity index (χ0n) is 22.6. The van der Waals surface area contributed by atoms with Gasteiger partial charge in [0.05, 0.1) is 18.2 Å². The molecular weight excluding hydrogens is 522 g/mol. The summed E-state index contributed by atoms with van der Waals surface area (Å²) in [6, 6.07) is 22.8. The molecule has 1 aliphatic heterocycles. The van der Waals surface area contributed by atoms with Crippen molar-refractivity contribution >= 4 is 29.8 Å². The first-order chi connectivity index (χ1) is 19.9. The Bertz CT molecular complexity index is 1490. The van der Waals surface area contributed by atoms with E-state index in [-0.39, 0.29) is 35.3 Å². The molecule has 0 bridgehead atoms. The van der Waals surface area contributed by atoms with E-state index in [1.807, 2.05) is 36.4 Å². The Labute approximate surface area is 238 Å². The molecule has 0 aliphatic carbocycles. The zero-order chi connectivity index (χ0) is 29.2. The van der Waals surface area contributed by atoms with Crippen LogP contribution in [0.4, 0.5) is 0 Å². The van der Waals surface area contributed by atoms with Gasteiger partial charge >= 0.3 is 5.97 Å². The number of unbranched alkanes of at least 4 members (excludes halogenated alkanes) is 2. The summed E-state index contributed by atoms with van der Waals surface area (Å²) in [6.07, 6.45) is 3.31. The number of rotatable bonds is 12. The number of carbonyl (C=O) groups is 4. The summed E-state index contributed by atoms with van der Waals surface area (Å²) in [7, 11) is 1.43. The lowest BCUT2D eigenvalue weighted by Gasteiger charge is -2.13. The van der Waals surface area contributed by atoms with Crippen LogP contribution < -0.4 is 14.8 Å². The lowest BCUT2D eigenvalue weighted by molar-refractivity contribution is -0.134. The van der Waals surface area contributed by atoms with Gasteiger partial charge in [-0.25, -0.2) is 0 Å². The van der Waals surface area contributed by atoms with Gasteiger partial charge in [0.25, 0.3) is 17.7 Å². The Morgan fingerprint density at radius 1 is 0.902 bits per heavy atom. The minimum Gasteiger partial charge on any atom is -0.493 e. The third-order valence-electron chi connectivity index (χ3n) is 6.52. The number of hydrogen-bond acceptors (Lipinski definition) is 7. The molecule has 3 amide bonds. The number of fused-ring (bicyclic) bond motifs is 1. The van der Waals surface area contributed by atoms with E-state index in [9.17, 15) is 24.4 Å². The fourth-order valence-corrected chi connectivity index (χ4v) is 4.38. The second-order valence-electron chi connectivity index (χ2n) is 9.34. The lowest BCUT2D eigenvalue weighted by atomic mass is 10.1. The van der Waals surface area contributed by atoms with E-state index < -0.39 is 11.9 Å². The van der Waals surface area contributed by atoms with Crippen molar-refractivity contribution in [2.75, 3.05) is 13.7 Å². The molecule has 1 N–H and O–H groups in total. The summed E-state index contributed by atoms with van der Waals surface area (Å²) in [5, 5.41) is 12.2. The number of methoxy groups -OCH3 is 1. The molecule has 0 spiro atoms. The van der Waals surface area contributed by atoms with Crippen molar-refractivity contribution in [1.82, 2.24) is 10.2 Å². The monoisotopic (exact) mass is 551 g/mol. The lowest BCUT2D eigenvalue weighted by Crippen LogP contribution is -2.30. The van der Waals surface area contributed by atoms with Gasteiger partial charge in [0.1, 0.15) is 11.6 Å². The predicted octanol–water partition coefficient (Wildman–Crippen LogP) is 4.68. The quantitative estimate of drug-likeness (QED) is 0.0865. The molecular formula is C32H29N3O6. The number of carbonyl (C=O) groups excluding carboxylic acids is 4. The number of benzene rings is 3. The minimum absolute atomic E-state index is 0.0751. The highest BCUT2D eigenvalue weighted by Crippen LogP contribution is 2.29. The average molecular weight is 552 g/mol.